The van der Waals surface area contributed by atoms with E-state index in [-0.39, 0.29) is 0 Å². The van der Waals surface area contributed by atoms with Gasteiger partial charge in [-0.1, -0.05) is 35.5 Å². The molecule has 0 bridgehead atoms. The van der Waals surface area contributed by atoms with Crippen LogP contribution in [0.1, 0.15) is 5.56 Å². The zero-order valence-electron chi connectivity index (χ0n) is 11.2. The van der Waals surface area contributed by atoms with Crippen molar-refractivity contribution in [2.45, 2.75) is 17.9 Å². The second-order valence-corrected chi connectivity index (χ2v) is 5.85. The maximum absolute atomic E-state index is 9.86. The van der Waals surface area contributed by atoms with Crippen LogP contribution in [0.25, 0.3) is 0 Å². The Balaban J connectivity index is 1.66. The predicted octanol–water partition coefficient (Wildman–Crippen LogP) is 2.74. The largest absolute Gasteiger partial charge is 0.390 e. The van der Waals surface area contributed by atoms with Crippen LogP contribution in [0.5, 0.6) is 0 Å². The van der Waals surface area contributed by atoms with Gasteiger partial charge in [-0.2, -0.15) is 0 Å². The van der Waals surface area contributed by atoms with Crippen molar-refractivity contribution in [3.8, 4) is 0 Å². The molecular formula is C14H17ClN2O2S. The molecule has 0 amide bonds. The second kappa shape index (κ2) is 7.69. The first-order valence-electron chi connectivity index (χ1n) is 6.25. The smallest absolute Gasteiger partial charge is 0.167 e. The third kappa shape index (κ3) is 4.83. The lowest BCUT2D eigenvalue weighted by Crippen LogP contribution is -2.18. The number of nitrogens with zero attached hydrogens (tertiary/aromatic N) is 2. The van der Waals surface area contributed by atoms with Gasteiger partial charge in [-0.25, -0.2) is 4.98 Å². The Bertz CT molecular complexity index is 530. The minimum Gasteiger partial charge on any atom is -0.390 e. The summed E-state index contributed by atoms with van der Waals surface area (Å²) in [4.78, 5) is 4.19. The number of rotatable bonds is 7. The summed E-state index contributed by atoms with van der Waals surface area (Å²) in [6.07, 6.45) is 3.11. The molecule has 0 saturated carbocycles. The van der Waals surface area contributed by atoms with E-state index in [2.05, 4.69) is 4.98 Å². The quantitative estimate of drug-likeness (QED) is 0.799. The van der Waals surface area contributed by atoms with E-state index in [0.29, 0.717) is 24.0 Å². The average molecular weight is 313 g/mol. The summed E-state index contributed by atoms with van der Waals surface area (Å²) in [5.74, 6) is 0.561. The van der Waals surface area contributed by atoms with Crippen LogP contribution >= 0.6 is 23.4 Å². The van der Waals surface area contributed by atoms with Crippen LogP contribution in [0, 0.1) is 0 Å². The van der Waals surface area contributed by atoms with Gasteiger partial charge in [-0.3, -0.25) is 0 Å². The second-order valence-electron chi connectivity index (χ2n) is 4.43. The molecule has 1 unspecified atom stereocenters. The summed E-state index contributed by atoms with van der Waals surface area (Å²) in [6.45, 7) is 0.779. The molecule has 0 aliphatic carbocycles. The van der Waals surface area contributed by atoms with Gasteiger partial charge in [0, 0.05) is 30.2 Å². The van der Waals surface area contributed by atoms with Gasteiger partial charge in [-0.05, 0) is 17.7 Å². The molecule has 0 saturated heterocycles. The Labute approximate surface area is 127 Å². The number of thioether (sulfide) groups is 1. The maximum Gasteiger partial charge on any atom is 0.167 e. The molecule has 2 aromatic rings. The molecule has 1 aromatic heterocycles. The highest BCUT2D eigenvalue weighted by atomic mass is 35.5. The zero-order valence-corrected chi connectivity index (χ0v) is 12.8. The van der Waals surface area contributed by atoms with Gasteiger partial charge in [0.15, 0.2) is 5.16 Å². The number of aromatic nitrogens is 2. The molecule has 0 aliphatic rings. The third-order valence-electron chi connectivity index (χ3n) is 2.67. The van der Waals surface area contributed by atoms with Crippen LogP contribution < -0.4 is 0 Å². The number of aliphatic hydroxyl groups is 1. The molecule has 0 aliphatic heterocycles. The minimum absolute atomic E-state index is 0.306. The number of aryl methyl sites for hydroxylation is 1. The molecule has 0 fully saturated rings. The lowest BCUT2D eigenvalue weighted by Gasteiger charge is -2.11. The van der Waals surface area contributed by atoms with E-state index in [0.717, 1.165) is 10.7 Å². The summed E-state index contributed by atoms with van der Waals surface area (Å²) in [6, 6.07) is 7.48. The average Bonchev–Trinajstić information content (AvgIpc) is 2.84. The van der Waals surface area contributed by atoms with Crippen LogP contribution in [-0.4, -0.2) is 33.1 Å². The Morgan fingerprint density at radius 2 is 2.15 bits per heavy atom. The summed E-state index contributed by atoms with van der Waals surface area (Å²) < 4.78 is 7.41. The number of benzene rings is 1. The van der Waals surface area contributed by atoms with Crippen molar-refractivity contribution in [2.75, 3.05) is 12.4 Å². The lowest BCUT2D eigenvalue weighted by atomic mass is 10.2. The van der Waals surface area contributed by atoms with Crippen LogP contribution in [0.15, 0.2) is 41.8 Å². The van der Waals surface area contributed by atoms with Crippen molar-refractivity contribution in [1.82, 2.24) is 9.55 Å². The molecule has 1 atom stereocenters. The molecular weight excluding hydrogens is 296 g/mol. The summed E-state index contributed by atoms with van der Waals surface area (Å²) in [7, 11) is 1.93. The Kier molecular flexibility index (Phi) is 5.91. The van der Waals surface area contributed by atoms with E-state index in [1.807, 2.05) is 42.1 Å². The van der Waals surface area contributed by atoms with Crippen molar-refractivity contribution < 1.29 is 9.84 Å². The highest BCUT2D eigenvalue weighted by Gasteiger charge is 2.08. The number of ether oxygens (including phenoxy) is 1. The predicted molar refractivity (Wildman–Crippen MR) is 81.0 cm³/mol. The number of halogens is 1. The topological polar surface area (TPSA) is 47.3 Å². The van der Waals surface area contributed by atoms with Gasteiger partial charge in [-0.15, -0.1) is 0 Å². The Morgan fingerprint density at radius 1 is 1.40 bits per heavy atom. The lowest BCUT2D eigenvalue weighted by molar-refractivity contribution is 0.0398. The number of hydrogen-bond donors (Lipinski definition) is 1. The molecule has 2 rings (SSSR count). The highest BCUT2D eigenvalue weighted by Crippen LogP contribution is 2.16. The van der Waals surface area contributed by atoms with Gasteiger partial charge >= 0.3 is 0 Å². The standard InChI is InChI=1S/C14H17ClN2O2S/c1-17-7-6-16-14(17)20-10-13(18)9-19-8-11-2-4-12(15)5-3-11/h2-7,13,18H,8-10H2,1H3. The van der Waals surface area contributed by atoms with Crippen LogP contribution in [0.4, 0.5) is 0 Å². The monoisotopic (exact) mass is 312 g/mol. The highest BCUT2D eigenvalue weighted by molar-refractivity contribution is 7.99. The van der Waals surface area contributed by atoms with E-state index in [4.69, 9.17) is 16.3 Å². The molecule has 1 aromatic carbocycles. The number of imidazole rings is 1. The molecule has 20 heavy (non-hydrogen) atoms. The minimum atomic E-state index is -0.510. The maximum atomic E-state index is 9.86. The van der Waals surface area contributed by atoms with E-state index < -0.39 is 6.10 Å². The SMILES string of the molecule is Cn1ccnc1SCC(O)COCc1ccc(Cl)cc1. The van der Waals surface area contributed by atoms with Crippen LogP contribution in [-0.2, 0) is 18.4 Å². The third-order valence-corrected chi connectivity index (χ3v) is 4.13. The van der Waals surface area contributed by atoms with Gasteiger partial charge in [0.25, 0.3) is 0 Å². The Hall–Kier alpha value is -1.01. The number of aliphatic hydroxyl groups excluding tert-OH is 1. The molecule has 1 heterocycles. The number of hydrogen-bond acceptors (Lipinski definition) is 4. The first-order chi connectivity index (χ1) is 9.65. The van der Waals surface area contributed by atoms with Crippen molar-refractivity contribution in [2.24, 2.45) is 7.05 Å². The normalized spacial score (nSPS) is 12.6. The van der Waals surface area contributed by atoms with Gasteiger partial charge in [0.05, 0.1) is 19.3 Å². The Morgan fingerprint density at radius 3 is 2.80 bits per heavy atom. The van der Waals surface area contributed by atoms with E-state index in [1.54, 1.807) is 6.20 Å². The van der Waals surface area contributed by atoms with Crippen molar-refractivity contribution in [3.05, 3.63) is 47.2 Å². The summed E-state index contributed by atoms with van der Waals surface area (Å²) in [5.41, 5.74) is 1.04. The zero-order chi connectivity index (χ0) is 14.4. The fourth-order valence-electron chi connectivity index (χ4n) is 1.60. The van der Waals surface area contributed by atoms with Crippen LogP contribution in [0.3, 0.4) is 0 Å². The summed E-state index contributed by atoms with van der Waals surface area (Å²) in [5, 5.41) is 11.5. The first-order valence-corrected chi connectivity index (χ1v) is 7.62. The van der Waals surface area contributed by atoms with E-state index >= 15 is 0 Å². The molecule has 0 spiro atoms. The van der Waals surface area contributed by atoms with Crippen molar-refractivity contribution in [1.29, 1.82) is 0 Å². The van der Waals surface area contributed by atoms with Crippen LogP contribution in [0.2, 0.25) is 5.02 Å². The fourth-order valence-corrected chi connectivity index (χ4v) is 2.57. The fraction of sp³-hybridized carbons (Fsp3) is 0.357. The van der Waals surface area contributed by atoms with Gasteiger partial charge < -0.3 is 14.4 Å². The van der Waals surface area contributed by atoms with E-state index in [9.17, 15) is 5.11 Å². The first kappa shape index (κ1) is 15.4. The molecule has 1 N–H and O–H groups in total. The van der Waals surface area contributed by atoms with Gasteiger partial charge in [0.2, 0.25) is 0 Å². The molecule has 6 heteroatoms. The summed E-state index contributed by atoms with van der Waals surface area (Å²) >= 11 is 7.32. The molecule has 0 radical (unpaired) electrons. The molecule has 4 nitrogen and oxygen atoms in total. The van der Waals surface area contributed by atoms with Gasteiger partial charge in [0.1, 0.15) is 0 Å². The molecule has 108 valence electrons. The van der Waals surface area contributed by atoms with E-state index in [1.165, 1.54) is 11.8 Å². The van der Waals surface area contributed by atoms with Crippen molar-refractivity contribution in [3.63, 3.8) is 0 Å². The van der Waals surface area contributed by atoms with Crippen molar-refractivity contribution >= 4 is 23.4 Å².